The molecule has 0 saturated carbocycles. The van der Waals surface area contributed by atoms with Gasteiger partial charge in [-0.05, 0) is 32.8 Å². The van der Waals surface area contributed by atoms with Gasteiger partial charge in [-0.25, -0.2) is 14.4 Å². The molecule has 1 aliphatic rings. The zero-order valence-electron chi connectivity index (χ0n) is 17.4. The van der Waals surface area contributed by atoms with Gasteiger partial charge in [-0.2, -0.15) is 4.52 Å². The maximum Gasteiger partial charge on any atom is 0.251 e. The molecular formula is C20H25FN6O3. The number of likely N-dealkylation sites (tertiary alicyclic amines) is 1. The minimum Gasteiger partial charge on any atom is -0.494 e. The molecule has 0 unspecified atom stereocenters. The molecule has 10 heteroatoms. The number of carbonyl (C=O) groups excluding carboxylic acids is 1. The molecule has 2 N–H and O–H groups in total. The Labute approximate surface area is 173 Å². The highest BCUT2D eigenvalue weighted by atomic mass is 19.1. The first-order valence-electron chi connectivity index (χ1n) is 9.86. The van der Waals surface area contributed by atoms with Gasteiger partial charge in [0.05, 0.1) is 12.6 Å². The third kappa shape index (κ3) is 3.30. The number of hydrogen-bond acceptors (Lipinski definition) is 7. The first-order chi connectivity index (χ1) is 14.3. The van der Waals surface area contributed by atoms with Crippen LogP contribution in [0.15, 0.2) is 12.1 Å². The predicted octanol–water partition coefficient (Wildman–Crippen LogP) is 2.14. The number of carbonyl (C=O) groups is 1. The highest BCUT2D eigenvalue weighted by molar-refractivity contribution is 5.93. The number of nitrogen functional groups attached to an aromatic ring is 1. The van der Waals surface area contributed by atoms with E-state index in [-0.39, 0.29) is 29.6 Å². The van der Waals surface area contributed by atoms with E-state index in [0.29, 0.717) is 28.9 Å². The van der Waals surface area contributed by atoms with Crippen molar-refractivity contribution in [3.63, 3.8) is 0 Å². The van der Waals surface area contributed by atoms with E-state index in [1.54, 1.807) is 6.92 Å². The number of nitrogens with two attached hydrogens (primary N) is 1. The molecule has 2 aromatic heterocycles. The van der Waals surface area contributed by atoms with Gasteiger partial charge in [-0.3, -0.25) is 4.79 Å². The largest absolute Gasteiger partial charge is 0.494 e. The average Bonchev–Trinajstić information content (AvgIpc) is 3.19. The summed E-state index contributed by atoms with van der Waals surface area (Å²) in [6.07, 6.45) is 1.14. The number of nitrogens with zero attached hydrogens (tertiary/aromatic N) is 5. The van der Waals surface area contributed by atoms with Crippen LogP contribution in [0.25, 0.3) is 16.6 Å². The zero-order valence-corrected chi connectivity index (χ0v) is 17.4. The van der Waals surface area contributed by atoms with Gasteiger partial charge in [0, 0.05) is 37.1 Å². The van der Waals surface area contributed by atoms with E-state index in [0.717, 1.165) is 12.8 Å². The lowest BCUT2D eigenvalue weighted by Gasteiger charge is -2.38. The Morgan fingerprint density at radius 2 is 2.07 bits per heavy atom. The summed E-state index contributed by atoms with van der Waals surface area (Å²) >= 11 is 0. The van der Waals surface area contributed by atoms with Gasteiger partial charge in [-0.15, -0.1) is 5.10 Å². The number of hydrogen-bond donors (Lipinski definition) is 1. The van der Waals surface area contributed by atoms with Crippen molar-refractivity contribution in [1.82, 2.24) is 24.5 Å². The second-order valence-electron chi connectivity index (χ2n) is 7.67. The molecular weight excluding hydrogens is 391 g/mol. The average molecular weight is 416 g/mol. The molecule has 3 heterocycles. The van der Waals surface area contributed by atoms with Crippen molar-refractivity contribution in [2.24, 2.45) is 0 Å². The van der Waals surface area contributed by atoms with Gasteiger partial charge in [0.1, 0.15) is 6.10 Å². The number of benzene rings is 1. The molecule has 0 bridgehead atoms. The minimum atomic E-state index is -0.514. The summed E-state index contributed by atoms with van der Waals surface area (Å²) in [6, 6.07) is 2.93. The van der Waals surface area contributed by atoms with E-state index in [1.165, 1.54) is 30.9 Å². The Bertz CT molecular complexity index is 1120. The van der Waals surface area contributed by atoms with Crippen molar-refractivity contribution < 1.29 is 18.7 Å². The second-order valence-corrected chi connectivity index (χ2v) is 7.67. The molecule has 4 rings (SSSR count). The van der Waals surface area contributed by atoms with Crippen molar-refractivity contribution in [2.75, 3.05) is 26.5 Å². The Balaban J connectivity index is 1.74. The number of ether oxygens (including phenoxy) is 2. The third-order valence-corrected chi connectivity index (χ3v) is 5.82. The highest BCUT2D eigenvalue weighted by Crippen LogP contribution is 2.32. The van der Waals surface area contributed by atoms with Gasteiger partial charge in [0.25, 0.3) is 5.91 Å². The summed E-state index contributed by atoms with van der Waals surface area (Å²) in [5, 5.41) is 5.03. The molecule has 1 saturated heterocycles. The summed E-state index contributed by atoms with van der Waals surface area (Å²) in [5.41, 5.74) is 6.98. The predicted molar refractivity (Wildman–Crippen MR) is 109 cm³/mol. The quantitative estimate of drug-likeness (QED) is 0.694. The lowest BCUT2D eigenvalue weighted by Crippen LogP contribution is -2.48. The molecule has 0 spiro atoms. The first-order valence-corrected chi connectivity index (χ1v) is 9.86. The number of amides is 1. The smallest absolute Gasteiger partial charge is 0.251 e. The zero-order chi connectivity index (χ0) is 21.6. The van der Waals surface area contributed by atoms with Crippen LogP contribution in [0.1, 0.15) is 38.4 Å². The fraction of sp³-hybridized carbons (Fsp3) is 0.500. The fourth-order valence-corrected chi connectivity index (χ4v) is 3.94. The molecule has 3 atom stereocenters. The monoisotopic (exact) mass is 416 g/mol. The van der Waals surface area contributed by atoms with Crippen molar-refractivity contribution in [2.45, 2.75) is 44.8 Å². The number of methoxy groups -OCH3 is 2. The van der Waals surface area contributed by atoms with Crippen molar-refractivity contribution >= 4 is 28.4 Å². The number of fused-ring (bicyclic) bond motifs is 3. The van der Waals surface area contributed by atoms with Gasteiger partial charge in [0.15, 0.2) is 23.0 Å². The molecule has 1 aromatic carbocycles. The van der Waals surface area contributed by atoms with Crippen LogP contribution in [-0.4, -0.2) is 63.3 Å². The molecule has 1 aliphatic heterocycles. The fourth-order valence-electron chi connectivity index (χ4n) is 3.94. The first kappa shape index (κ1) is 20.3. The Hall–Kier alpha value is -3.01. The minimum absolute atomic E-state index is 0.0562. The van der Waals surface area contributed by atoms with Crippen LogP contribution < -0.4 is 10.5 Å². The van der Waals surface area contributed by atoms with Gasteiger partial charge >= 0.3 is 0 Å². The van der Waals surface area contributed by atoms with Crippen molar-refractivity contribution in [1.29, 1.82) is 0 Å². The Morgan fingerprint density at radius 1 is 1.30 bits per heavy atom. The van der Waals surface area contributed by atoms with Gasteiger partial charge in [0.2, 0.25) is 5.95 Å². The third-order valence-electron chi connectivity index (χ3n) is 5.82. The summed E-state index contributed by atoms with van der Waals surface area (Å²) in [4.78, 5) is 23.5. The topological polar surface area (TPSA) is 108 Å². The number of rotatable bonds is 4. The second kappa shape index (κ2) is 7.67. The molecule has 30 heavy (non-hydrogen) atoms. The Morgan fingerprint density at radius 3 is 2.77 bits per heavy atom. The van der Waals surface area contributed by atoms with E-state index in [1.807, 2.05) is 11.8 Å². The van der Waals surface area contributed by atoms with E-state index in [2.05, 4.69) is 15.1 Å². The lowest BCUT2D eigenvalue weighted by molar-refractivity contribution is -0.144. The molecule has 3 aromatic rings. The summed E-state index contributed by atoms with van der Waals surface area (Å²) in [5.74, 6) is 0.156. The molecule has 160 valence electrons. The van der Waals surface area contributed by atoms with Crippen molar-refractivity contribution in [3.8, 4) is 5.75 Å². The SMILES string of the molecule is COc1cc2nc(N)n3nc([C@@H]4CC[C@H](C)N(C(=O)[C@@H](C)OC)C4)nc3c2cc1F. The molecule has 0 aliphatic carbocycles. The van der Waals surface area contributed by atoms with E-state index >= 15 is 0 Å². The highest BCUT2D eigenvalue weighted by Gasteiger charge is 2.34. The summed E-state index contributed by atoms with van der Waals surface area (Å²) < 4.78 is 26.0. The summed E-state index contributed by atoms with van der Waals surface area (Å²) in [7, 11) is 2.91. The van der Waals surface area contributed by atoms with E-state index < -0.39 is 11.9 Å². The van der Waals surface area contributed by atoms with Crippen LogP contribution in [0.2, 0.25) is 0 Å². The Kier molecular flexibility index (Phi) is 5.19. The number of piperidine rings is 1. The molecule has 1 amide bonds. The number of aromatic nitrogens is 4. The van der Waals surface area contributed by atoms with Gasteiger partial charge < -0.3 is 20.1 Å². The van der Waals surface area contributed by atoms with Crippen LogP contribution >= 0.6 is 0 Å². The van der Waals surface area contributed by atoms with Gasteiger partial charge in [-0.1, -0.05) is 0 Å². The van der Waals surface area contributed by atoms with Crippen molar-refractivity contribution in [3.05, 3.63) is 23.8 Å². The van der Waals surface area contributed by atoms with Crippen LogP contribution in [0.5, 0.6) is 5.75 Å². The normalized spacial score (nSPS) is 20.6. The van der Waals surface area contributed by atoms with E-state index in [4.69, 9.17) is 15.2 Å². The maximum absolute atomic E-state index is 14.3. The number of anilines is 1. The number of halogens is 1. The van der Waals surface area contributed by atoms with Crippen LogP contribution in [0.4, 0.5) is 10.3 Å². The lowest BCUT2D eigenvalue weighted by atomic mass is 9.92. The summed E-state index contributed by atoms with van der Waals surface area (Å²) in [6.45, 7) is 4.25. The van der Waals surface area contributed by atoms with Crippen LogP contribution in [-0.2, 0) is 9.53 Å². The molecule has 1 fully saturated rings. The standard InChI is InChI=1S/C20H25FN6O3/c1-10-5-6-12(9-26(10)19(28)11(2)29-3)17-24-18-13-7-14(21)16(30-4)8-15(13)23-20(22)27(18)25-17/h7-8,10-12H,5-6,9H2,1-4H3,(H2,22,23)/t10-,11+,12+/m0/s1. The molecule has 9 nitrogen and oxygen atoms in total. The van der Waals surface area contributed by atoms with Crippen LogP contribution in [0.3, 0.4) is 0 Å². The van der Waals surface area contributed by atoms with E-state index in [9.17, 15) is 9.18 Å². The molecule has 0 radical (unpaired) electrons. The van der Waals surface area contributed by atoms with Crippen LogP contribution in [0, 0.1) is 5.82 Å². The maximum atomic E-state index is 14.3.